The van der Waals surface area contributed by atoms with E-state index in [4.69, 9.17) is 23.2 Å². The standard InChI is InChI=1S/C20H17Cl2N5/c1-12-9-14(13(2)27(12)19-8-7-15(21)10-16(19)22)11-23-26-20-24-17-5-3-4-6-18(17)25-20/h3-11H,1-2H3,(H2,24,25,26)/b23-11-. The molecule has 136 valence electrons. The zero-order chi connectivity index (χ0) is 19.0. The van der Waals surface area contributed by atoms with E-state index in [-0.39, 0.29) is 0 Å². The smallest absolute Gasteiger partial charge is 0.222 e. The number of benzene rings is 2. The van der Waals surface area contributed by atoms with Crippen molar-refractivity contribution >= 4 is 46.4 Å². The first-order valence-electron chi connectivity index (χ1n) is 8.41. The minimum atomic E-state index is 0.599. The first-order valence-corrected chi connectivity index (χ1v) is 9.17. The number of hydrogen-bond acceptors (Lipinski definition) is 3. The molecule has 0 spiro atoms. The number of halogens is 2. The molecule has 0 aliphatic heterocycles. The molecule has 0 amide bonds. The SMILES string of the molecule is Cc1cc(/C=N\Nc2nc3ccccc3[nH]2)c(C)n1-c1ccc(Cl)cc1Cl. The molecule has 0 aliphatic rings. The summed E-state index contributed by atoms with van der Waals surface area (Å²) in [5, 5.41) is 5.54. The van der Waals surface area contributed by atoms with Crippen LogP contribution in [0.25, 0.3) is 16.7 Å². The van der Waals surface area contributed by atoms with Gasteiger partial charge in [0.2, 0.25) is 5.95 Å². The summed E-state index contributed by atoms with van der Waals surface area (Å²) in [7, 11) is 0. The maximum Gasteiger partial charge on any atom is 0.222 e. The molecule has 2 N–H and O–H groups in total. The Labute approximate surface area is 166 Å². The molecule has 2 aromatic heterocycles. The van der Waals surface area contributed by atoms with Crippen LogP contribution in [0.5, 0.6) is 0 Å². The average Bonchev–Trinajstić information content (AvgIpc) is 3.16. The highest BCUT2D eigenvalue weighted by Gasteiger charge is 2.12. The van der Waals surface area contributed by atoms with Gasteiger partial charge in [-0.3, -0.25) is 0 Å². The van der Waals surface area contributed by atoms with Crippen LogP contribution in [0.1, 0.15) is 17.0 Å². The summed E-state index contributed by atoms with van der Waals surface area (Å²) in [4.78, 5) is 7.62. The number of para-hydroxylation sites is 2. The molecule has 27 heavy (non-hydrogen) atoms. The Bertz CT molecular complexity index is 1120. The van der Waals surface area contributed by atoms with Crippen LogP contribution in [0.4, 0.5) is 5.95 Å². The summed E-state index contributed by atoms with van der Waals surface area (Å²) in [6.07, 6.45) is 1.77. The van der Waals surface area contributed by atoms with E-state index in [0.717, 1.165) is 33.7 Å². The van der Waals surface area contributed by atoms with Gasteiger partial charge in [0.05, 0.1) is 28.0 Å². The fourth-order valence-corrected chi connectivity index (χ4v) is 3.61. The third-order valence-electron chi connectivity index (χ3n) is 4.38. The minimum Gasteiger partial charge on any atom is -0.323 e. The molecule has 0 bridgehead atoms. The topological polar surface area (TPSA) is 58.0 Å². The van der Waals surface area contributed by atoms with Gasteiger partial charge in [0.25, 0.3) is 0 Å². The lowest BCUT2D eigenvalue weighted by Crippen LogP contribution is -2.00. The van der Waals surface area contributed by atoms with E-state index >= 15 is 0 Å². The second-order valence-electron chi connectivity index (χ2n) is 6.23. The van der Waals surface area contributed by atoms with Crippen molar-refractivity contribution in [3.8, 4) is 5.69 Å². The third-order valence-corrected chi connectivity index (χ3v) is 4.92. The Morgan fingerprint density at radius 2 is 1.93 bits per heavy atom. The number of anilines is 1. The van der Waals surface area contributed by atoms with Gasteiger partial charge in [-0.05, 0) is 50.2 Å². The van der Waals surface area contributed by atoms with E-state index in [0.29, 0.717) is 16.0 Å². The molecule has 0 saturated heterocycles. The summed E-state index contributed by atoms with van der Waals surface area (Å²) in [6, 6.07) is 15.4. The van der Waals surface area contributed by atoms with E-state index in [1.165, 1.54) is 0 Å². The van der Waals surface area contributed by atoms with Gasteiger partial charge in [-0.2, -0.15) is 5.10 Å². The minimum absolute atomic E-state index is 0.599. The van der Waals surface area contributed by atoms with Crippen molar-refractivity contribution in [3.05, 3.63) is 75.5 Å². The quantitative estimate of drug-likeness (QED) is 0.341. The Hall–Kier alpha value is -2.76. The number of aryl methyl sites for hydroxylation is 1. The van der Waals surface area contributed by atoms with Crippen LogP contribution in [0.2, 0.25) is 10.0 Å². The number of hydrogen-bond donors (Lipinski definition) is 2. The van der Waals surface area contributed by atoms with Crippen molar-refractivity contribution in [1.29, 1.82) is 0 Å². The van der Waals surface area contributed by atoms with Gasteiger partial charge in [0.15, 0.2) is 0 Å². The van der Waals surface area contributed by atoms with Gasteiger partial charge < -0.3 is 9.55 Å². The van der Waals surface area contributed by atoms with Crippen LogP contribution in [0.3, 0.4) is 0 Å². The Morgan fingerprint density at radius 1 is 1.11 bits per heavy atom. The first-order chi connectivity index (χ1) is 13.0. The van der Waals surface area contributed by atoms with E-state index in [1.54, 1.807) is 12.3 Å². The van der Waals surface area contributed by atoms with Crippen molar-refractivity contribution < 1.29 is 0 Å². The van der Waals surface area contributed by atoms with Crippen molar-refractivity contribution in [2.45, 2.75) is 13.8 Å². The van der Waals surface area contributed by atoms with Gasteiger partial charge in [-0.25, -0.2) is 10.4 Å². The highest BCUT2D eigenvalue weighted by Crippen LogP contribution is 2.28. The van der Waals surface area contributed by atoms with Crippen LogP contribution in [0.15, 0.2) is 53.6 Å². The third kappa shape index (κ3) is 3.44. The lowest BCUT2D eigenvalue weighted by molar-refractivity contribution is 0.965. The zero-order valence-electron chi connectivity index (χ0n) is 14.8. The predicted octanol–water partition coefficient (Wildman–Crippen LogP) is 5.72. The van der Waals surface area contributed by atoms with Gasteiger partial charge in [0.1, 0.15) is 0 Å². The molecular weight excluding hydrogens is 381 g/mol. The van der Waals surface area contributed by atoms with Crippen LogP contribution in [-0.2, 0) is 0 Å². The number of nitrogens with zero attached hydrogens (tertiary/aromatic N) is 3. The molecule has 0 radical (unpaired) electrons. The number of aromatic nitrogens is 3. The van der Waals surface area contributed by atoms with Crippen LogP contribution < -0.4 is 5.43 Å². The van der Waals surface area contributed by atoms with Crippen molar-refractivity contribution in [2.24, 2.45) is 5.10 Å². The number of imidazole rings is 1. The molecule has 7 heteroatoms. The molecule has 0 fully saturated rings. The van der Waals surface area contributed by atoms with E-state index in [9.17, 15) is 0 Å². The average molecular weight is 398 g/mol. The number of H-pyrrole nitrogens is 1. The van der Waals surface area contributed by atoms with Crippen LogP contribution in [-0.4, -0.2) is 20.7 Å². The summed E-state index contributed by atoms with van der Waals surface area (Å²) in [6.45, 7) is 4.06. The largest absolute Gasteiger partial charge is 0.323 e. The number of nitrogens with one attached hydrogen (secondary N) is 2. The zero-order valence-corrected chi connectivity index (χ0v) is 16.3. The van der Waals surface area contributed by atoms with Crippen molar-refractivity contribution in [1.82, 2.24) is 14.5 Å². The Kier molecular flexibility index (Phi) is 4.64. The van der Waals surface area contributed by atoms with Gasteiger partial charge in [-0.15, -0.1) is 0 Å². The number of rotatable bonds is 4. The molecule has 0 aliphatic carbocycles. The molecule has 0 saturated carbocycles. The van der Waals surface area contributed by atoms with Gasteiger partial charge in [-0.1, -0.05) is 35.3 Å². The normalized spacial score (nSPS) is 11.6. The van der Waals surface area contributed by atoms with E-state index in [2.05, 4.69) is 31.1 Å². The fraction of sp³-hybridized carbons (Fsp3) is 0.100. The predicted molar refractivity (Wildman–Crippen MR) is 113 cm³/mol. The molecule has 5 nitrogen and oxygen atoms in total. The molecule has 0 atom stereocenters. The Morgan fingerprint density at radius 3 is 2.70 bits per heavy atom. The van der Waals surface area contributed by atoms with Crippen LogP contribution in [0, 0.1) is 13.8 Å². The van der Waals surface area contributed by atoms with Gasteiger partial charge >= 0.3 is 0 Å². The highest BCUT2D eigenvalue weighted by molar-refractivity contribution is 6.35. The molecular formula is C20H17Cl2N5. The summed E-state index contributed by atoms with van der Waals surface area (Å²) in [5.74, 6) is 0.599. The number of fused-ring (bicyclic) bond motifs is 1. The van der Waals surface area contributed by atoms with E-state index < -0.39 is 0 Å². The highest BCUT2D eigenvalue weighted by atomic mass is 35.5. The molecule has 2 heterocycles. The monoisotopic (exact) mass is 397 g/mol. The second kappa shape index (κ2) is 7.10. The van der Waals surface area contributed by atoms with Crippen molar-refractivity contribution in [3.63, 3.8) is 0 Å². The van der Waals surface area contributed by atoms with Crippen molar-refractivity contribution in [2.75, 3.05) is 5.43 Å². The lowest BCUT2D eigenvalue weighted by atomic mass is 10.2. The second-order valence-corrected chi connectivity index (χ2v) is 7.07. The maximum absolute atomic E-state index is 6.38. The summed E-state index contributed by atoms with van der Waals surface area (Å²) >= 11 is 12.4. The fourth-order valence-electron chi connectivity index (χ4n) is 3.12. The number of aromatic amines is 1. The lowest BCUT2D eigenvalue weighted by Gasteiger charge is -2.11. The summed E-state index contributed by atoms with van der Waals surface area (Å²) < 4.78 is 2.08. The maximum atomic E-state index is 6.38. The molecule has 2 aromatic carbocycles. The van der Waals surface area contributed by atoms with E-state index in [1.807, 2.05) is 50.2 Å². The Balaban J connectivity index is 1.60. The molecule has 0 unspecified atom stereocenters. The molecule has 4 aromatic rings. The summed E-state index contributed by atoms with van der Waals surface area (Å²) in [5.41, 5.74) is 8.77. The van der Waals surface area contributed by atoms with Gasteiger partial charge in [0, 0.05) is 22.0 Å². The number of hydrazone groups is 1. The van der Waals surface area contributed by atoms with Crippen LogP contribution >= 0.6 is 23.2 Å². The first kappa shape index (κ1) is 17.6. The molecule has 4 rings (SSSR count).